The van der Waals surface area contributed by atoms with Crippen LogP contribution >= 0.6 is 0 Å². The van der Waals surface area contributed by atoms with Gasteiger partial charge < -0.3 is 14.8 Å². The van der Waals surface area contributed by atoms with Gasteiger partial charge in [-0.1, -0.05) is 57.4 Å². The van der Waals surface area contributed by atoms with E-state index in [-0.39, 0.29) is 12.1 Å². The Labute approximate surface area is 242 Å². The molecule has 2 amide bonds. The average molecular weight is 550 g/mol. The molecular weight excluding hydrogens is 498 g/mol. The van der Waals surface area contributed by atoms with Crippen LogP contribution in [0.5, 0.6) is 5.88 Å². The van der Waals surface area contributed by atoms with Crippen LogP contribution in [0.15, 0.2) is 71.9 Å². The van der Waals surface area contributed by atoms with Gasteiger partial charge in [0.15, 0.2) is 0 Å². The van der Waals surface area contributed by atoms with Gasteiger partial charge in [0, 0.05) is 30.9 Å². The molecule has 1 saturated carbocycles. The molecule has 1 aliphatic rings. The van der Waals surface area contributed by atoms with Crippen LogP contribution < -0.4 is 10.1 Å². The van der Waals surface area contributed by atoms with Gasteiger partial charge >= 0.3 is 6.03 Å². The molecular formula is C34H51N3O3. The number of hydrogen-bond acceptors (Lipinski definition) is 4. The number of hydrogen-bond donors (Lipinski definition) is 1. The number of carbonyl (C=O) groups is 1. The van der Waals surface area contributed by atoms with Crippen molar-refractivity contribution < 1.29 is 14.3 Å². The number of ether oxygens (including phenoxy) is 2. The van der Waals surface area contributed by atoms with Gasteiger partial charge in [0.1, 0.15) is 11.9 Å². The van der Waals surface area contributed by atoms with Crippen LogP contribution in [-0.4, -0.2) is 35.2 Å². The predicted molar refractivity (Wildman–Crippen MR) is 167 cm³/mol. The number of unbranched alkanes of at least 4 members (excludes halogenated alkanes) is 1. The zero-order chi connectivity index (χ0) is 29.0. The van der Waals surface area contributed by atoms with Gasteiger partial charge in [-0.2, -0.15) is 0 Å². The predicted octanol–water partition coefficient (Wildman–Crippen LogP) is 9.09. The maximum Gasteiger partial charge on any atom is 0.325 e. The van der Waals surface area contributed by atoms with Gasteiger partial charge in [-0.3, -0.25) is 4.90 Å². The molecule has 1 heterocycles. The maximum absolute atomic E-state index is 13.4. The smallest absolute Gasteiger partial charge is 0.325 e. The first kappa shape index (κ1) is 32.9. The molecule has 1 N–H and O–H groups in total. The molecule has 6 heteroatoms. The summed E-state index contributed by atoms with van der Waals surface area (Å²) in [5.74, 6) is 1.35. The summed E-state index contributed by atoms with van der Waals surface area (Å²) in [5, 5.41) is 3.10. The number of amides is 2. The SMILES string of the molecule is C/C=C\C/C(=C(\C=C\c1ccc(OC2CCCCCC2)nc1)OCC)N(CC)C(=O)N/C(=C/C=CCCC)CC. The lowest BCUT2D eigenvalue weighted by Crippen LogP contribution is -2.39. The maximum atomic E-state index is 13.4. The molecule has 0 bridgehead atoms. The summed E-state index contributed by atoms with van der Waals surface area (Å²) in [4.78, 5) is 19.7. The van der Waals surface area contributed by atoms with Gasteiger partial charge in [-0.15, -0.1) is 0 Å². The molecule has 0 aliphatic heterocycles. The Morgan fingerprint density at radius 3 is 2.48 bits per heavy atom. The fourth-order valence-corrected chi connectivity index (χ4v) is 4.58. The van der Waals surface area contributed by atoms with Crippen LogP contribution in [0.1, 0.15) is 104 Å². The molecule has 220 valence electrons. The van der Waals surface area contributed by atoms with E-state index in [9.17, 15) is 4.79 Å². The summed E-state index contributed by atoms with van der Waals surface area (Å²) < 4.78 is 12.2. The number of aromatic nitrogens is 1. The van der Waals surface area contributed by atoms with Crippen LogP contribution in [0.2, 0.25) is 0 Å². The second-order valence-corrected chi connectivity index (χ2v) is 9.95. The summed E-state index contributed by atoms with van der Waals surface area (Å²) >= 11 is 0. The summed E-state index contributed by atoms with van der Waals surface area (Å²) in [6, 6.07) is 3.79. The highest BCUT2D eigenvalue weighted by Crippen LogP contribution is 2.23. The molecule has 0 atom stereocenters. The molecule has 0 aromatic carbocycles. The first-order valence-corrected chi connectivity index (χ1v) is 15.3. The van der Waals surface area contributed by atoms with E-state index < -0.39 is 0 Å². The van der Waals surface area contributed by atoms with E-state index >= 15 is 0 Å². The quantitative estimate of drug-likeness (QED) is 0.103. The largest absolute Gasteiger partial charge is 0.492 e. The van der Waals surface area contributed by atoms with E-state index in [1.807, 2.05) is 82.5 Å². The van der Waals surface area contributed by atoms with Gasteiger partial charge in [0.25, 0.3) is 0 Å². The standard InChI is InChI=1S/C34H51N3O3/c1-6-11-13-16-19-29(8-3)36-34(38)37(9-4)31(22-12-7-2)32(39-10-5)25-23-28-24-26-33(35-27-28)40-30-20-17-14-15-18-21-30/h7,12-13,16,19,23-27,30H,6,8-11,14-15,17-18,20-22H2,1-5H3,(H,36,38)/b12-7-,16-13?,25-23+,29-19+,32-31-. The van der Waals surface area contributed by atoms with Crippen LogP contribution in [0.3, 0.4) is 0 Å². The topological polar surface area (TPSA) is 63.7 Å². The Morgan fingerprint density at radius 2 is 1.88 bits per heavy atom. The normalized spacial score (nSPS) is 15.9. The van der Waals surface area contributed by atoms with Crippen molar-refractivity contribution in [3.8, 4) is 5.88 Å². The Kier molecular flexibility index (Phi) is 16.2. The number of allylic oxidation sites excluding steroid dienone is 7. The van der Waals surface area contributed by atoms with Gasteiger partial charge in [0.05, 0.1) is 12.3 Å². The molecule has 1 aliphatic carbocycles. The number of rotatable bonds is 15. The molecule has 0 spiro atoms. The molecule has 6 nitrogen and oxygen atoms in total. The Balaban J connectivity index is 2.26. The highest BCUT2D eigenvalue weighted by molar-refractivity contribution is 5.78. The van der Waals surface area contributed by atoms with E-state index in [1.54, 1.807) is 4.90 Å². The van der Waals surface area contributed by atoms with E-state index in [0.29, 0.717) is 31.2 Å². The van der Waals surface area contributed by atoms with Crippen LogP contribution in [0.4, 0.5) is 4.79 Å². The van der Waals surface area contributed by atoms with Crippen LogP contribution in [-0.2, 0) is 4.74 Å². The van der Waals surface area contributed by atoms with Crippen molar-refractivity contribution in [1.82, 2.24) is 15.2 Å². The van der Waals surface area contributed by atoms with Gasteiger partial charge in [0.2, 0.25) is 5.88 Å². The number of nitrogens with one attached hydrogen (secondary N) is 1. The first-order chi connectivity index (χ1) is 19.6. The second kappa shape index (κ2) is 19.7. The molecule has 1 fully saturated rings. The fourth-order valence-electron chi connectivity index (χ4n) is 4.58. The Hall–Kier alpha value is -3.28. The minimum Gasteiger partial charge on any atom is -0.492 e. The summed E-state index contributed by atoms with van der Waals surface area (Å²) in [7, 11) is 0. The lowest BCUT2D eigenvalue weighted by Gasteiger charge is -2.26. The highest BCUT2D eigenvalue weighted by atomic mass is 16.5. The Bertz CT molecular complexity index is 1010. The van der Waals surface area contributed by atoms with Crippen LogP contribution in [0, 0.1) is 0 Å². The van der Waals surface area contributed by atoms with Gasteiger partial charge in [-0.25, -0.2) is 9.78 Å². The minimum atomic E-state index is -0.161. The molecule has 40 heavy (non-hydrogen) atoms. The summed E-state index contributed by atoms with van der Waals surface area (Å²) in [6.07, 6.45) is 26.9. The van der Waals surface area contributed by atoms with E-state index in [0.717, 1.165) is 49.1 Å². The molecule has 2 rings (SSSR count). The number of urea groups is 1. The molecule has 0 unspecified atom stereocenters. The zero-order valence-electron chi connectivity index (χ0n) is 25.5. The molecule has 0 saturated heterocycles. The van der Waals surface area contributed by atoms with Crippen molar-refractivity contribution >= 4 is 12.1 Å². The minimum absolute atomic E-state index is 0.161. The lowest BCUT2D eigenvalue weighted by molar-refractivity contribution is 0.176. The van der Waals surface area contributed by atoms with E-state index in [1.165, 1.54) is 25.7 Å². The lowest BCUT2D eigenvalue weighted by atomic mass is 10.1. The van der Waals surface area contributed by atoms with E-state index in [4.69, 9.17) is 9.47 Å². The zero-order valence-corrected chi connectivity index (χ0v) is 25.5. The number of nitrogens with zero attached hydrogens (tertiary/aromatic N) is 2. The number of carbonyl (C=O) groups excluding carboxylic acids is 1. The fraction of sp³-hybridized carbons (Fsp3) is 0.529. The highest BCUT2D eigenvalue weighted by Gasteiger charge is 2.20. The third-order valence-electron chi connectivity index (χ3n) is 6.83. The van der Waals surface area contributed by atoms with Crippen molar-refractivity contribution in [2.24, 2.45) is 0 Å². The van der Waals surface area contributed by atoms with Crippen molar-refractivity contribution in [3.63, 3.8) is 0 Å². The molecule has 0 radical (unpaired) electrons. The van der Waals surface area contributed by atoms with Gasteiger partial charge in [-0.05, 0) is 89.2 Å². The average Bonchev–Trinajstić information content (AvgIpc) is 3.24. The van der Waals surface area contributed by atoms with Crippen molar-refractivity contribution in [1.29, 1.82) is 0 Å². The Morgan fingerprint density at radius 1 is 1.10 bits per heavy atom. The third-order valence-corrected chi connectivity index (χ3v) is 6.83. The van der Waals surface area contributed by atoms with Crippen molar-refractivity contribution in [3.05, 3.63) is 77.5 Å². The summed E-state index contributed by atoms with van der Waals surface area (Å²) in [6.45, 7) is 11.1. The van der Waals surface area contributed by atoms with Crippen molar-refractivity contribution in [2.75, 3.05) is 13.2 Å². The van der Waals surface area contributed by atoms with Crippen molar-refractivity contribution in [2.45, 2.75) is 105 Å². The number of pyridine rings is 1. The molecule has 1 aromatic heterocycles. The molecule has 1 aromatic rings. The third kappa shape index (κ3) is 11.8. The second-order valence-electron chi connectivity index (χ2n) is 9.95. The van der Waals surface area contributed by atoms with Crippen LogP contribution in [0.25, 0.3) is 6.08 Å². The summed E-state index contributed by atoms with van der Waals surface area (Å²) in [5.41, 5.74) is 2.64. The monoisotopic (exact) mass is 549 g/mol. The first-order valence-electron chi connectivity index (χ1n) is 15.3. The van der Waals surface area contributed by atoms with E-state index in [2.05, 4.69) is 23.3 Å².